The zero-order valence-corrected chi connectivity index (χ0v) is 25.6. The molecule has 3 aromatic carbocycles. The Bertz CT molecular complexity index is 1530. The summed E-state index contributed by atoms with van der Waals surface area (Å²) in [5.74, 6) is 0. The Morgan fingerprint density at radius 3 is 2.27 bits per heavy atom. The van der Waals surface area contributed by atoms with Gasteiger partial charge in [0.2, 0.25) is 5.69 Å². The third-order valence-electron chi connectivity index (χ3n) is 9.14. The van der Waals surface area contributed by atoms with E-state index in [-0.39, 0.29) is 10.8 Å². The predicted molar refractivity (Wildman–Crippen MR) is 179 cm³/mol. The molecule has 0 aliphatic carbocycles. The number of fused-ring (bicyclic) bond motifs is 4. The van der Waals surface area contributed by atoms with Crippen LogP contribution in [0.5, 0.6) is 0 Å². The van der Waals surface area contributed by atoms with Gasteiger partial charge in [-0.05, 0) is 80.5 Å². The zero-order valence-electron chi connectivity index (χ0n) is 25.6. The fourth-order valence-electron chi connectivity index (χ4n) is 7.01. The van der Waals surface area contributed by atoms with Crippen LogP contribution in [0.25, 0.3) is 10.8 Å². The van der Waals surface area contributed by atoms with Gasteiger partial charge in [-0.15, -0.1) is 13.2 Å². The van der Waals surface area contributed by atoms with Crippen molar-refractivity contribution >= 4 is 27.9 Å². The number of hydrogen-bond donors (Lipinski definition) is 0. The summed E-state index contributed by atoms with van der Waals surface area (Å²) < 4.78 is 2.58. The third kappa shape index (κ3) is 5.37. The van der Waals surface area contributed by atoms with Crippen LogP contribution in [-0.4, -0.2) is 23.4 Å². The number of hydrogen-bond acceptors (Lipinski definition) is 1. The first-order valence-corrected chi connectivity index (χ1v) is 15.5. The van der Waals surface area contributed by atoms with Crippen LogP contribution in [0.3, 0.4) is 0 Å². The topological polar surface area (TPSA) is 6.25 Å². The molecule has 212 valence electrons. The lowest BCUT2D eigenvalue weighted by Crippen LogP contribution is -2.28. The molecule has 0 spiro atoms. The molecule has 0 unspecified atom stereocenters. The van der Waals surface area contributed by atoms with Gasteiger partial charge in [0.1, 0.15) is 6.54 Å². The van der Waals surface area contributed by atoms with Gasteiger partial charge in [0, 0.05) is 47.5 Å². The molecule has 0 radical (unpaired) electrons. The molecule has 3 aromatic rings. The van der Waals surface area contributed by atoms with Gasteiger partial charge in [-0.25, -0.2) is 0 Å². The standard InChI is InChI=1S/C39H47N2/c1-7-9-11-17-28-40-33-23-16-15-22-32(33)38(3,4)35(40)24-19-25-36-39(5,6)37-31-21-14-13-20-30(31)26-27-34(37)41(36)29-18-12-10-8-2/h7-8,13-16,19-27H,1-2,9-12,17-18,28-29H2,3-6H3/q+1. The summed E-state index contributed by atoms with van der Waals surface area (Å²) in [6, 6.07) is 22.4. The van der Waals surface area contributed by atoms with Gasteiger partial charge in [-0.2, -0.15) is 4.58 Å². The van der Waals surface area contributed by atoms with Gasteiger partial charge in [-0.3, -0.25) is 0 Å². The number of unbranched alkanes of at least 4 members (excludes halogenated alkanes) is 4. The summed E-state index contributed by atoms with van der Waals surface area (Å²) in [4.78, 5) is 2.56. The first kappa shape index (κ1) is 28.9. The van der Waals surface area contributed by atoms with Crippen molar-refractivity contribution in [3.05, 3.63) is 121 Å². The van der Waals surface area contributed by atoms with Crippen LogP contribution in [0.15, 0.2) is 110 Å². The van der Waals surface area contributed by atoms with Crippen molar-refractivity contribution in [2.45, 2.75) is 77.0 Å². The molecule has 41 heavy (non-hydrogen) atoms. The van der Waals surface area contributed by atoms with Crippen molar-refractivity contribution in [2.24, 2.45) is 0 Å². The Morgan fingerprint density at radius 1 is 0.780 bits per heavy atom. The largest absolute Gasteiger partial charge is 0.344 e. The van der Waals surface area contributed by atoms with Crippen molar-refractivity contribution < 1.29 is 4.58 Å². The monoisotopic (exact) mass is 543 g/mol. The number of benzene rings is 3. The maximum Gasteiger partial charge on any atom is 0.210 e. The van der Waals surface area contributed by atoms with Gasteiger partial charge in [0.25, 0.3) is 0 Å². The summed E-state index contributed by atoms with van der Waals surface area (Å²) in [7, 11) is 0. The fourth-order valence-corrected chi connectivity index (χ4v) is 7.01. The lowest BCUT2D eigenvalue weighted by Gasteiger charge is -2.27. The minimum atomic E-state index is -0.0951. The van der Waals surface area contributed by atoms with Gasteiger partial charge in [0.05, 0.1) is 5.41 Å². The highest BCUT2D eigenvalue weighted by molar-refractivity contribution is 6.07. The maximum atomic E-state index is 3.93. The average Bonchev–Trinajstić information content (AvgIpc) is 3.32. The molecule has 0 aromatic heterocycles. The quantitative estimate of drug-likeness (QED) is 0.125. The molecule has 0 fully saturated rings. The van der Waals surface area contributed by atoms with Crippen LogP contribution < -0.4 is 4.90 Å². The number of para-hydroxylation sites is 1. The highest BCUT2D eigenvalue weighted by Crippen LogP contribution is 2.48. The number of rotatable bonds is 12. The van der Waals surface area contributed by atoms with Crippen LogP contribution in [0, 0.1) is 0 Å². The molecule has 2 aliphatic heterocycles. The highest BCUT2D eigenvalue weighted by Gasteiger charge is 2.45. The van der Waals surface area contributed by atoms with E-state index in [1.54, 1.807) is 0 Å². The Hall–Kier alpha value is -3.65. The second kappa shape index (κ2) is 12.1. The van der Waals surface area contributed by atoms with Crippen LogP contribution in [-0.2, 0) is 10.8 Å². The van der Waals surface area contributed by atoms with Crippen LogP contribution in [0.1, 0.15) is 77.3 Å². The van der Waals surface area contributed by atoms with Crippen molar-refractivity contribution in [1.29, 1.82) is 0 Å². The minimum absolute atomic E-state index is 0.0429. The van der Waals surface area contributed by atoms with E-state index in [0.717, 1.165) is 45.2 Å². The van der Waals surface area contributed by atoms with Gasteiger partial charge < -0.3 is 4.90 Å². The van der Waals surface area contributed by atoms with Crippen LogP contribution in [0.2, 0.25) is 0 Å². The summed E-state index contributed by atoms with van der Waals surface area (Å²) in [5.41, 5.74) is 8.20. The molecule has 2 heteroatoms. The van der Waals surface area contributed by atoms with Gasteiger partial charge in [0.15, 0.2) is 5.71 Å². The Balaban J connectivity index is 1.54. The van der Waals surface area contributed by atoms with E-state index >= 15 is 0 Å². The lowest BCUT2D eigenvalue weighted by atomic mass is 9.79. The molecule has 0 saturated heterocycles. The van der Waals surface area contributed by atoms with E-state index in [1.807, 2.05) is 12.2 Å². The highest BCUT2D eigenvalue weighted by atomic mass is 15.2. The van der Waals surface area contributed by atoms with Gasteiger partial charge in [-0.1, -0.05) is 74.5 Å². The molecular weight excluding hydrogens is 496 g/mol. The molecule has 2 nitrogen and oxygen atoms in total. The molecule has 0 N–H and O–H groups in total. The first-order chi connectivity index (χ1) is 19.8. The summed E-state index contributed by atoms with van der Waals surface area (Å²) in [5, 5.41) is 2.68. The zero-order chi connectivity index (χ0) is 29.0. The summed E-state index contributed by atoms with van der Waals surface area (Å²) in [6.07, 6.45) is 17.9. The molecule has 0 amide bonds. The van der Waals surface area contributed by atoms with Gasteiger partial charge >= 0.3 is 0 Å². The lowest BCUT2D eigenvalue weighted by molar-refractivity contribution is -0.438. The molecule has 2 aliphatic rings. The molecular formula is C39H47N2+. The second-order valence-corrected chi connectivity index (χ2v) is 12.6. The normalized spacial score (nSPS) is 18.0. The first-order valence-electron chi connectivity index (χ1n) is 15.5. The smallest absolute Gasteiger partial charge is 0.210 e. The molecule has 0 saturated carbocycles. The fraction of sp³-hybridized carbons (Fsp3) is 0.359. The Labute approximate surface area is 248 Å². The van der Waals surface area contributed by atoms with E-state index in [1.165, 1.54) is 51.1 Å². The third-order valence-corrected chi connectivity index (χ3v) is 9.14. The SMILES string of the molecule is C=CCCCCN1C(=CC=CC2=[N+](CCCCC=C)c3ccc4ccccc4c3C2(C)C)C(C)(C)c2ccccc21. The molecule has 5 rings (SSSR count). The van der Waals surface area contributed by atoms with Crippen LogP contribution in [0.4, 0.5) is 11.4 Å². The number of anilines is 1. The number of nitrogens with zero attached hydrogens (tertiary/aromatic N) is 2. The average molecular weight is 544 g/mol. The molecule has 2 heterocycles. The van der Waals surface area contributed by atoms with Crippen molar-refractivity contribution in [2.75, 3.05) is 18.0 Å². The summed E-state index contributed by atoms with van der Waals surface area (Å²) in [6.45, 7) is 19.4. The molecule has 0 bridgehead atoms. The minimum Gasteiger partial charge on any atom is -0.344 e. The van der Waals surface area contributed by atoms with E-state index in [2.05, 4.69) is 129 Å². The Kier molecular flexibility index (Phi) is 8.50. The number of allylic oxidation sites excluding steroid dienone is 6. The predicted octanol–water partition coefficient (Wildman–Crippen LogP) is 10.2. The maximum absolute atomic E-state index is 3.93. The van der Waals surface area contributed by atoms with Crippen molar-refractivity contribution in [1.82, 2.24) is 0 Å². The van der Waals surface area contributed by atoms with Crippen LogP contribution >= 0.6 is 0 Å². The summed E-state index contributed by atoms with van der Waals surface area (Å²) >= 11 is 0. The van der Waals surface area contributed by atoms with E-state index < -0.39 is 0 Å². The Morgan fingerprint density at radius 2 is 1.49 bits per heavy atom. The van der Waals surface area contributed by atoms with E-state index in [4.69, 9.17) is 0 Å². The second-order valence-electron chi connectivity index (χ2n) is 12.6. The van der Waals surface area contributed by atoms with Crippen molar-refractivity contribution in [3.8, 4) is 0 Å². The van der Waals surface area contributed by atoms with Crippen molar-refractivity contribution in [3.63, 3.8) is 0 Å². The molecule has 0 atom stereocenters. The van der Waals surface area contributed by atoms with E-state index in [9.17, 15) is 0 Å². The van der Waals surface area contributed by atoms with E-state index in [0.29, 0.717) is 0 Å².